The van der Waals surface area contributed by atoms with Crippen molar-refractivity contribution in [3.8, 4) is 0 Å². The Morgan fingerprint density at radius 1 is 0.968 bits per heavy atom. The first-order valence-corrected chi connectivity index (χ1v) is 13.1. The molecule has 176 valence electrons. The van der Waals surface area contributed by atoms with Crippen LogP contribution in [0.25, 0.3) is 0 Å². The van der Waals surface area contributed by atoms with Crippen LogP contribution in [0.1, 0.15) is 76.3 Å². The van der Waals surface area contributed by atoms with Crippen molar-refractivity contribution in [2.24, 2.45) is 5.92 Å². The van der Waals surface area contributed by atoms with Gasteiger partial charge in [0.15, 0.2) is 9.84 Å². The third kappa shape index (κ3) is 9.42. The Kier molecular flexibility index (Phi) is 11.8. The molecule has 0 aliphatic carbocycles. The van der Waals surface area contributed by atoms with E-state index in [2.05, 4.69) is 13.8 Å². The van der Waals surface area contributed by atoms with Gasteiger partial charge in [0.1, 0.15) is 0 Å². The van der Waals surface area contributed by atoms with E-state index in [-0.39, 0.29) is 29.4 Å². The van der Waals surface area contributed by atoms with Crippen LogP contribution in [0, 0.1) is 19.8 Å². The van der Waals surface area contributed by atoms with E-state index in [0.717, 1.165) is 49.7 Å². The summed E-state index contributed by atoms with van der Waals surface area (Å²) in [6.45, 7) is 9.12. The third-order valence-electron chi connectivity index (χ3n) is 5.69. The van der Waals surface area contributed by atoms with Gasteiger partial charge in [0.2, 0.25) is 5.91 Å². The maximum atomic E-state index is 13.3. The van der Waals surface area contributed by atoms with E-state index in [1.54, 1.807) is 23.1 Å². The van der Waals surface area contributed by atoms with Gasteiger partial charge < -0.3 is 10.0 Å². The molecule has 1 rings (SSSR count). The second-order valence-electron chi connectivity index (χ2n) is 8.40. The Balaban J connectivity index is 3.10. The lowest BCUT2D eigenvalue weighted by Gasteiger charge is -2.27. The van der Waals surface area contributed by atoms with Gasteiger partial charge in [-0.2, -0.15) is 0 Å². The fraction of sp³-hybridized carbons (Fsp3) is 0.667. The molecule has 1 atom stereocenters. The average molecular weight is 454 g/mol. The van der Waals surface area contributed by atoms with Crippen LogP contribution < -0.4 is 0 Å². The molecule has 1 aromatic rings. The zero-order valence-corrected chi connectivity index (χ0v) is 20.3. The number of aryl methyl sites for hydroxylation is 2. The quantitative estimate of drug-likeness (QED) is 0.386. The van der Waals surface area contributed by atoms with E-state index in [1.807, 2.05) is 13.8 Å². The predicted octanol–water partition coefficient (Wildman–Crippen LogP) is 4.77. The van der Waals surface area contributed by atoms with Crippen LogP contribution in [0.2, 0.25) is 0 Å². The fourth-order valence-electron chi connectivity index (χ4n) is 3.54. The maximum absolute atomic E-state index is 13.3. The van der Waals surface area contributed by atoms with E-state index in [4.69, 9.17) is 5.11 Å². The molecule has 1 N–H and O–H groups in total. The van der Waals surface area contributed by atoms with Crippen LogP contribution in [0.15, 0.2) is 23.1 Å². The summed E-state index contributed by atoms with van der Waals surface area (Å²) < 4.78 is 26.2. The highest BCUT2D eigenvalue weighted by Gasteiger charge is 2.30. The minimum absolute atomic E-state index is 0.0241. The van der Waals surface area contributed by atoms with Crippen molar-refractivity contribution in [1.29, 1.82) is 0 Å². The van der Waals surface area contributed by atoms with Crippen LogP contribution >= 0.6 is 0 Å². The molecular formula is C24H39NO5S. The highest BCUT2D eigenvalue weighted by molar-refractivity contribution is 7.91. The number of benzene rings is 1. The topological polar surface area (TPSA) is 91.8 Å². The molecule has 0 fully saturated rings. The summed E-state index contributed by atoms with van der Waals surface area (Å²) in [6, 6.07) is 4.96. The smallest absolute Gasteiger partial charge is 0.303 e. The predicted molar refractivity (Wildman–Crippen MR) is 124 cm³/mol. The summed E-state index contributed by atoms with van der Waals surface area (Å²) in [5, 5.41) is 9.14. The van der Waals surface area contributed by atoms with Crippen molar-refractivity contribution in [3.05, 3.63) is 29.3 Å². The Bertz CT molecular complexity index is 809. The van der Waals surface area contributed by atoms with Gasteiger partial charge in [-0.1, -0.05) is 45.6 Å². The van der Waals surface area contributed by atoms with Gasteiger partial charge >= 0.3 is 5.97 Å². The zero-order chi connectivity index (χ0) is 23.4. The van der Waals surface area contributed by atoms with Crippen molar-refractivity contribution in [1.82, 2.24) is 4.90 Å². The Hall–Kier alpha value is -1.89. The number of unbranched alkanes of at least 4 members (excludes halogenated alkanes) is 4. The maximum Gasteiger partial charge on any atom is 0.303 e. The third-order valence-corrected chi connectivity index (χ3v) is 7.50. The Morgan fingerprint density at radius 3 is 2.03 bits per heavy atom. The van der Waals surface area contributed by atoms with Crippen LogP contribution in [0.5, 0.6) is 0 Å². The number of aliphatic carboxylic acids is 1. The number of sulfone groups is 1. The molecule has 0 aliphatic rings. The number of carboxylic acid groups (broad SMARTS) is 1. The molecule has 0 saturated heterocycles. The number of carbonyl (C=O) groups excluding carboxylic acids is 1. The molecule has 0 bridgehead atoms. The highest BCUT2D eigenvalue weighted by atomic mass is 32.2. The van der Waals surface area contributed by atoms with Gasteiger partial charge in [0, 0.05) is 19.5 Å². The van der Waals surface area contributed by atoms with Crippen molar-refractivity contribution >= 4 is 21.7 Å². The molecule has 0 radical (unpaired) electrons. The second kappa shape index (κ2) is 13.5. The SMILES string of the molecule is CCCCCN(CCCCC)C(=O)C(CCC(=O)O)CS(=O)(=O)c1ccc(C)c(C)c1. The molecule has 0 aliphatic heterocycles. The molecule has 1 amide bonds. The summed E-state index contributed by atoms with van der Waals surface area (Å²) in [5.41, 5.74) is 1.87. The lowest BCUT2D eigenvalue weighted by Crippen LogP contribution is -2.40. The first-order valence-electron chi connectivity index (χ1n) is 11.4. The number of rotatable bonds is 15. The van der Waals surface area contributed by atoms with E-state index in [9.17, 15) is 18.0 Å². The molecule has 6 nitrogen and oxygen atoms in total. The molecule has 31 heavy (non-hydrogen) atoms. The normalized spacial score (nSPS) is 12.5. The number of amides is 1. The minimum atomic E-state index is -3.72. The first kappa shape index (κ1) is 27.1. The molecular weight excluding hydrogens is 414 g/mol. The molecule has 1 unspecified atom stereocenters. The van der Waals surface area contributed by atoms with Gasteiger partial charge in [-0.3, -0.25) is 9.59 Å². The fourth-order valence-corrected chi connectivity index (χ4v) is 5.20. The van der Waals surface area contributed by atoms with Crippen molar-refractivity contribution in [2.45, 2.75) is 84.0 Å². The lowest BCUT2D eigenvalue weighted by atomic mass is 10.0. The first-order chi connectivity index (χ1) is 14.6. The summed E-state index contributed by atoms with van der Waals surface area (Å²) in [7, 11) is -3.72. The summed E-state index contributed by atoms with van der Waals surface area (Å²) in [6.07, 6.45) is 5.58. The van der Waals surface area contributed by atoms with Gasteiger partial charge in [-0.15, -0.1) is 0 Å². The number of hydrogen-bond donors (Lipinski definition) is 1. The van der Waals surface area contributed by atoms with Gasteiger partial charge in [0.05, 0.1) is 16.6 Å². The molecule has 0 heterocycles. The summed E-state index contributed by atoms with van der Waals surface area (Å²) >= 11 is 0. The lowest BCUT2D eigenvalue weighted by molar-refractivity contribution is -0.138. The highest BCUT2D eigenvalue weighted by Crippen LogP contribution is 2.22. The van der Waals surface area contributed by atoms with Crippen molar-refractivity contribution in [2.75, 3.05) is 18.8 Å². The second-order valence-corrected chi connectivity index (χ2v) is 10.4. The molecule has 7 heteroatoms. The number of nitrogens with zero attached hydrogens (tertiary/aromatic N) is 1. The van der Waals surface area contributed by atoms with E-state index in [0.29, 0.717) is 13.1 Å². The van der Waals surface area contributed by atoms with Gasteiger partial charge in [-0.05, 0) is 56.4 Å². The van der Waals surface area contributed by atoms with Gasteiger partial charge in [0.25, 0.3) is 0 Å². The Morgan fingerprint density at radius 2 is 1.55 bits per heavy atom. The molecule has 0 aromatic heterocycles. The Labute approximate surface area is 188 Å². The zero-order valence-electron chi connectivity index (χ0n) is 19.5. The average Bonchev–Trinajstić information content (AvgIpc) is 2.71. The van der Waals surface area contributed by atoms with E-state index in [1.165, 1.54) is 0 Å². The largest absolute Gasteiger partial charge is 0.481 e. The van der Waals surface area contributed by atoms with Crippen LogP contribution in [0.4, 0.5) is 0 Å². The molecule has 0 saturated carbocycles. The van der Waals surface area contributed by atoms with Gasteiger partial charge in [-0.25, -0.2) is 8.42 Å². The summed E-state index contributed by atoms with van der Waals surface area (Å²) in [4.78, 5) is 26.4. The monoisotopic (exact) mass is 453 g/mol. The minimum Gasteiger partial charge on any atom is -0.481 e. The van der Waals surface area contributed by atoms with E-state index < -0.39 is 21.7 Å². The standard InChI is InChI=1S/C24H39NO5S/c1-5-7-9-15-25(16-10-8-6-2)24(28)21(12-14-23(26)27)18-31(29,30)22-13-11-19(3)20(4)17-22/h11,13,17,21H,5-10,12,14-16,18H2,1-4H3,(H,26,27). The van der Waals surface area contributed by atoms with E-state index >= 15 is 0 Å². The van der Waals surface area contributed by atoms with Crippen molar-refractivity contribution < 1.29 is 23.1 Å². The van der Waals surface area contributed by atoms with Crippen molar-refractivity contribution in [3.63, 3.8) is 0 Å². The van der Waals surface area contributed by atoms with Crippen LogP contribution in [-0.2, 0) is 19.4 Å². The number of hydrogen-bond acceptors (Lipinski definition) is 4. The van der Waals surface area contributed by atoms with Crippen LogP contribution in [-0.4, -0.2) is 49.1 Å². The molecule has 1 aromatic carbocycles. The number of carbonyl (C=O) groups is 2. The van der Waals surface area contributed by atoms with Crippen LogP contribution in [0.3, 0.4) is 0 Å². The summed E-state index contributed by atoms with van der Waals surface area (Å²) in [5.74, 6) is -2.48. The molecule has 0 spiro atoms. The number of carboxylic acids is 1.